The minimum atomic E-state index is -0.143. The lowest BCUT2D eigenvalue weighted by atomic mass is 10.1. The molecule has 0 bridgehead atoms. The molecule has 1 N–H and O–H groups in total. The van der Waals surface area contributed by atoms with Crippen LogP contribution in [0.2, 0.25) is 5.02 Å². The highest BCUT2D eigenvalue weighted by atomic mass is 35.5. The Morgan fingerprint density at radius 2 is 1.91 bits per heavy atom. The molecule has 4 nitrogen and oxygen atoms in total. The van der Waals surface area contributed by atoms with E-state index in [1.165, 1.54) is 0 Å². The summed E-state index contributed by atoms with van der Waals surface area (Å²) in [5.41, 5.74) is 3.55. The molecule has 1 amide bonds. The lowest BCUT2D eigenvalue weighted by molar-refractivity contribution is -0.118. The molecule has 4 rings (SSSR count). The van der Waals surface area contributed by atoms with E-state index in [1.54, 1.807) is 11.3 Å². The minimum absolute atomic E-state index is 0.0598. The number of rotatable bonds is 2. The van der Waals surface area contributed by atoms with E-state index in [0.29, 0.717) is 16.5 Å². The Balaban J connectivity index is 1.68. The molecule has 2 aromatic carbocycles. The maximum atomic E-state index is 11.4. The first kappa shape index (κ1) is 14.2. The summed E-state index contributed by atoms with van der Waals surface area (Å²) in [4.78, 5) is 16.1. The van der Waals surface area contributed by atoms with E-state index >= 15 is 0 Å². The number of carbonyl (C=O) groups excluding carboxylic acids is 1. The SMILES string of the molecule is O=C1COc2ccc(-c3nc(-c4ccc(Cl)cc4)cs3)cc2N1. The Morgan fingerprint density at radius 3 is 2.74 bits per heavy atom. The van der Waals surface area contributed by atoms with Crippen molar-refractivity contribution in [3.63, 3.8) is 0 Å². The summed E-state index contributed by atoms with van der Waals surface area (Å²) in [6.45, 7) is 0.0598. The topological polar surface area (TPSA) is 51.2 Å². The van der Waals surface area contributed by atoms with Gasteiger partial charge in [-0.2, -0.15) is 0 Å². The van der Waals surface area contributed by atoms with Gasteiger partial charge in [-0.15, -0.1) is 11.3 Å². The van der Waals surface area contributed by atoms with Crippen LogP contribution in [0.15, 0.2) is 47.8 Å². The van der Waals surface area contributed by atoms with Crippen molar-refractivity contribution < 1.29 is 9.53 Å². The van der Waals surface area contributed by atoms with Gasteiger partial charge in [0.05, 0.1) is 11.4 Å². The molecule has 114 valence electrons. The number of carbonyl (C=O) groups is 1. The van der Waals surface area contributed by atoms with Crippen molar-refractivity contribution in [3.8, 4) is 27.6 Å². The van der Waals surface area contributed by atoms with Gasteiger partial charge in [-0.25, -0.2) is 4.98 Å². The summed E-state index contributed by atoms with van der Waals surface area (Å²) in [6, 6.07) is 13.3. The van der Waals surface area contributed by atoms with E-state index in [9.17, 15) is 4.79 Å². The largest absolute Gasteiger partial charge is 0.482 e. The first-order valence-electron chi connectivity index (χ1n) is 6.97. The summed E-state index contributed by atoms with van der Waals surface area (Å²) in [5, 5.41) is 6.41. The van der Waals surface area contributed by atoms with E-state index in [1.807, 2.05) is 47.8 Å². The van der Waals surface area contributed by atoms with E-state index in [0.717, 1.165) is 21.8 Å². The Labute approximate surface area is 141 Å². The number of ether oxygens (including phenoxy) is 1. The van der Waals surface area contributed by atoms with E-state index in [4.69, 9.17) is 16.3 Å². The summed E-state index contributed by atoms with van der Waals surface area (Å²) >= 11 is 7.47. The molecule has 23 heavy (non-hydrogen) atoms. The zero-order chi connectivity index (χ0) is 15.8. The Kier molecular flexibility index (Phi) is 3.52. The average molecular weight is 343 g/mol. The summed E-state index contributed by atoms with van der Waals surface area (Å²) in [5.74, 6) is 0.540. The average Bonchev–Trinajstić information content (AvgIpc) is 3.05. The van der Waals surface area contributed by atoms with Gasteiger partial charge in [-0.1, -0.05) is 23.7 Å². The van der Waals surface area contributed by atoms with Gasteiger partial charge in [-0.05, 0) is 30.3 Å². The van der Waals surface area contributed by atoms with Gasteiger partial charge in [-0.3, -0.25) is 4.79 Å². The number of hydrogen-bond donors (Lipinski definition) is 1. The van der Waals surface area contributed by atoms with Crippen LogP contribution in [0.5, 0.6) is 5.75 Å². The van der Waals surface area contributed by atoms with Gasteiger partial charge in [0, 0.05) is 21.5 Å². The fourth-order valence-electron chi connectivity index (χ4n) is 2.38. The van der Waals surface area contributed by atoms with Gasteiger partial charge in [0.25, 0.3) is 5.91 Å². The van der Waals surface area contributed by atoms with Crippen LogP contribution in [0.3, 0.4) is 0 Å². The Morgan fingerprint density at radius 1 is 1.13 bits per heavy atom. The van der Waals surface area contributed by atoms with E-state index in [-0.39, 0.29) is 12.5 Å². The third-order valence-corrected chi connectivity index (χ3v) is 4.65. The molecule has 6 heteroatoms. The number of thiazole rings is 1. The van der Waals surface area contributed by atoms with Crippen LogP contribution in [-0.4, -0.2) is 17.5 Å². The van der Waals surface area contributed by atoms with Gasteiger partial charge in [0.1, 0.15) is 10.8 Å². The van der Waals surface area contributed by atoms with E-state index < -0.39 is 0 Å². The zero-order valence-corrected chi connectivity index (χ0v) is 13.4. The van der Waals surface area contributed by atoms with Crippen LogP contribution >= 0.6 is 22.9 Å². The number of fused-ring (bicyclic) bond motifs is 1. The predicted molar refractivity (Wildman–Crippen MR) is 92.1 cm³/mol. The number of anilines is 1. The van der Waals surface area contributed by atoms with Crippen molar-refractivity contribution in [2.75, 3.05) is 11.9 Å². The molecule has 0 saturated heterocycles. The number of aromatic nitrogens is 1. The van der Waals surface area contributed by atoms with Gasteiger partial charge < -0.3 is 10.1 Å². The molecule has 1 aliphatic rings. The van der Waals surface area contributed by atoms with Crippen molar-refractivity contribution in [2.45, 2.75) is 0 Å². The number of nitrogens with one attached hydrogen (secondary N) is 1. The highest BCUT2D eigenvalue weighted by Gasteiger charge is 2.17. The van der Waals surface area contributed by atoms with Crippen LogP contribution < -0.4 is 10.1 Å². The monoisotopic (exact) mass is 342 g/mol. The molecule has 3 aromatic rings. The fourth-order valence-corrected chi connectivity index (χ4v) is 3.33. The second-order valence-corrected chi connectivity index (χ2v) is 6.39. The van der Waals surface area contributed by atoms with Crippen molar-refractivity contribution in [2.24, 2.45) is 0 Å². The number of halogens is 1. The minimum Gasteiger partial charge on any atom is -0.482 e. The van der Waals surface area contributed by atoms with Gasteiger partial charge in [0.2, 0.25) is 0 Å². The van der Waals surface area contributed by atoms with Crippen molar-refractivity contribution >= 4 is 34.5 Å². The van der Waals surface area contributed by atoms with Gasteiger partial charge >= 0.3 is 0 Å². The standard InChI is InChI=1S/C17H11ClN2O2S/c18-12-4-1-10(2-5-12)14-9-23-17(20-14)11-3-6-15-13(7-11)19-16(21)8-22-15/h1-7,9H,8H2,(H,19,21). The molecule has 0 atom stereocenters. The summed E-state index contributed by atoms with van der Waals surface area (Å²) < 4.78 is 5.37. The first-order chi connectivity index (χ1) is 11.2. The van der Waals surface area contributed by atoms with Crippen LogP contribution in [0.25, 0.3) is 21.8 Å². The molecule has 0 spiro atoms. The quantitative estimate of drug-likeness (QED) is 0.748. The van der Waals surface area contributed by atoms with E-state index in [2.05, 4.69) is 10.3 Å². The maximum absolute atomic E-state index is 11.4. The number of benzene rings is 2. The first-order valence-corrected chi connectivity index (χ1v) is 8.23. The van der Waals surface area contributed by atoms with Gasteiger partial charge in [0.15, 0.2) is 6.61 Å². The molecule has 0 aliphatic carbocycles. The number of amides is 1. The molecule has 1 aliphatic heterocycles. The second-order valence-electron chi connectivity index (χ2n) is 5.09. The van der Waals surface area contributed by atoms with Crippen LogP contribution in [0.1, 0.15) is 0 Å². The summed E-state index contributed by atoms with van der Waals surface area (Å²) in [7, 11) is 0. The summed E-state index contributed by atoms with van der Waals surface area (Å²) in [6.07, 6.45) is 0. The predicted octanol–water partition coefficient (Wildman–Crippen LogP) is 4.46. The molecular formula is C17H11ClN2O2S. The fraction of sp³-hybridized carbons (Fsp3) is 0.0588. The molecular weight excluding hydrogens is 332 g/mol. The lowest BCUT2D eigenvalue weighted by Gasteiger charge is -2.18. The smallest absolute Gasteiger partial charge is 0.262 e. The Hall–Kier alpha value is -2.37. The molecule has 0 unspecified atom stereocenters. The van der Waals surface area contributed by atoms with Crippen molar-refractivity contribution in [3.05, 3.63) is 52.9 Å². The van der Waals surface area contributed by atoms with Crippen molar-refractivity contribution in [1.82, 2.24) is 4.98 Å². The van der Waals surface area contributed by atoms with Crippen molar-refractivity contribution in [1.29, 1.82) is 0 Å². The number of hydrogen-bond acceptors (Lipinski definition) is 4. The zero-order valence-electron chi connectivity index (χ0n) is 11.9. The maximum Gasteiger partial charge on any atom is 0.262 e. The highest BCUT2D eigenvalue weighted by Crippen LogP contribution is 2.35. The molecule has 1 aromatic heterocycles. The van der Waals surface area contributed by atoms with Crippen LogP contribution in [0, 0.1) is 0 Å². The normalized spacial score (nSPS) is 13.2. The third-order valence-electron chi connectivity index (χ3n) is 3.50. The highest BCUT2D eigenvalue weighted by molar-refractivity contribution is 7.13. The lowest BCUT2D eigenvalue weighted by Crippen LogP contribution is -2.25. The van der Waals surface area contributed by atoms with Crippen LogP contribution in [-0.2, 0) is 4.79 Å². The molecule has 2 heterocycles. The molecule has 0 radical (unpaired) electrons. The van der Waals surface area contributed by atoms with Crippen LogP contribution in [0.4, 0.5) is 5.69 Å². The molecule has 0 saturated carbocycles. The number of nitrogens with zero attached hydrogens (tertiary/aromatic N) is 1. The molecule has 0 fully saturated rings. The second kappa shape index (κ2) is 5.68. The Bertz CT molecular complexity index is 890. The third kappa shape index (κ3) is 2.81.